The van der Waals surface area contributed by atoms with Crippen molar-refractivity contribution in [3.05, 3.63) is 23.8 Å². The Bertz CT molecular complexity index is 296. The summed E-state index contributed by atoms with van der Waals surface area (Å²) >= 11 is 3.02. The summed E-state index contributed by atoms with van der Waals surface area (Å²) in [6, 6.07) is 5.04. The normalized spacial score (nSPS) is 9.55. The minimum atomic E-state index is 0.252. The summed E-state index contributed by atoms with van der Waals surface area (Å²) < 4.78 is 0.252. The SMILES string of the molecule is N=C(Br)c1cc(N)ccc1N. The predicted molar refractivity (Wildman–Crippen MR) is 51.0 cm³/mol. The monoisotopic (exact) mass is 213 g/mol. The number of benzene rings is 1. The Kier molecular flexibility index (Phi) is 2.14. The van der Waals surface area contributed by atoms with Gasteiger partial charge in [-0.1, -0.05) is 0 Å². The van der Waals surface area contributed by atoms with Gasteiger partial charge in [0.2, 0.25) is 0 Å². The van der Waals surface area contributed by atoms with Crippen molar-refractivity contribution in [3.63, 3.8) is 0 Å². The first-order chi connectivity index (χ1) is 5.11. The van der Waals surface area contributed by atoms with Crippen LogP contribution in [0.2, 0.25) is 0 Å². The van der Waals surface area contributed by atoms with Gasteiger partial charge in [0, 0.05) is 16.9 Å². The van der Waals surface area contributed by atoms with Crippen LogP contribution in [0.25, 0.3) is 0 Å². The third-order valence-electron chi connectivity index (χ3n) is 1.31. The van der Waals surface area contributed by atoms with Crippen LogP contribution in [-0.4, -0.2) is 4.62 Å². The van der Waals surface area contributed by atoms with Crippen LogP contribution in [0.1, 0.15) is 5.56 Å². The zero-order valence-electron chi connectivity index (χ0n) is 5.76. The second-order valence-electron chi connectivity index (χ2n) is 2.16. The van der Waals surface area contributed by atoms with Gasteiger partial charge >= 0.3 is 0 Å². The van der Waals surface area contributed by atoms with Crippen molar-refractivity contribution < 1.29 is 0 Å². The lowest BCUT2D eigenvalue weighted by Crippen LogP contribution is -1.98. The van der Waals surface area contributed by atoms with E-state index < -0.39 is 0 Å². The van der Waals surface area contributed by atoms with Crippen molar-refractivity contribution in [1.29, 1.82) is 5.41 Å². The maximum absolute atomic E-state index is 7.25. The highest BCUT2D eigenvalue weighted by atomic mass is 79.9. The predicted octanol–water partition coefficient (Wildman–Crippen LogP) is 1.57. The van der Waals surface area contributed by atoms with Crippen molar-refractivity contribution >= 4 is 31.9 Å². The van der Waals surface area contributed by atoms with Gasteiger partial charge in [-0.15, -0.1) is 0 Å². The number of nitrogen functional groups attached to an aromatic ring is 2. The molecule has 0 amide bonds. The first-order valence-electron chi connectivity index (χ1n) is 3.00. The van der Waals surface area contributed by atoms with Gasteiger partial charge in [-0.3, -0.25) is 5.41 Å². The smallest absolute Gasteiger partial charge is 0.106 e. The molecule has 0 fully saturated rings. The van der Waals surface area contributed by atoms with Crippen molar-refractivity contribution in [1.82, 2.24) is 0 Å². The molecule has 1 aromatic rings. The largest absolute Gasteiger partial charge is 0.399 e. The van der Waals surface area contributed by atoms with Crippen LogP contribution >= 0.6 is 15.9 Å². The van der Waals surface area contributed by atoms with Crippen LogP contribution < -0.4 is 11.5 Å². The number of rotatable bonds is 1. The number of halogens is 1. The second kappa shape index (κ2) is 2.92. The standard InChI is InChI=1S/C7H8BrN3/c8-7(11)5-3-4(9)1-2-6(5)10/h1-3,11H,9-10H2. The van der Waals surface area contributed by atoms with Crippen molar-refractivity contribution in [2.45, 2.75) is 0 Å². The molecule has 0 bridgehead atoms. The number of anilines is 2. The molecule has 58 valence electrons. The summed E-state index contributed by atoms with van der Waals surface area (Å²) in [5.74, 6) is 0. The Hall–Kier alpha value is -1.03. The summed E-state index contributed by atoms with van der Waals surface area (Å²) in [6.45, 7) is 0. The highest BCUT2D eigenvalue weighted by Gasteiger charge is 2.01. The second-order valence-corrected chi connectivity index (χ2v) is 2.95. The van der Waals surface area contributed by atoms with E-state index in [2.05, 4.69) is 15.9 Å². The Balaban J connectivity index is 3.23. The number of hydrogen-bond donors (Lipinski definition) is 3. The van der Waals surface area contributed by atoms with Gasteiger partial charge < -0.3 is 11.5 Å². The molecule has 0 unspecified atom stereocenters. The van der Waals surface area contributed by atoms with Crippen LogP contribution in [0.4, 0.5) is 11.4 Å². The molecule has 1 aromatic carbocycles. The zero-order valence-corrected chi connectivity index (χ0v) is 7.35. The van der Waals surface area contributed by atoms with E-state index in [0.717, 1.165) is 0 Å². The molecular formula is C7H8BrN3. The minimum absolute atomic E-state index is 0.252. The van der Waals surface area contributed by atoms with Crippen molar-refractivity contribution in [3.8, 4) is 0 Å². The van der Waals surface area contributed by atoms with E-state index in [4.69, 9.17) is 16.9 Å². The summed E-state index contributed by atoms with van der Waals surface area (Å²) in [5.41, 5.74) is 12.9. The average Bonchev–Trinajstić information content (AvgIpc) is 1.94. The van der Waals surface area contributed by atoms with E-state index in [1.807, 2.05) is 0 Å². The molecule has 0 saturated heterocycles. The lowest BCUT2D eigenvalue weighted by Gasteiger charge is -2.02. The van der Waals surface area contributed by atoms with Gasteiger partial charge in [-0.2, -0.15) is 0 Å². The first-order valence-corrected chi connectivity index (χ1v) is 3.80. The molecule has 1 rings (SSSR count). The fourth-order valence-corrected chi connectivity index (χ4v) is 1.11. The minimum Gasteiger partial charge on any atom is -0.399 e. The lowest BCUT2D eigenvalue weighted by atomic mass is 10.2. The van der Waals surface area contributed by atoms with E-state index in [9.17, 15) is 0 Å². The lowest BCUT2D eigenvalue weighted by molar-refractivity contribution is 1.53. The maximum atomic E-state index is 7.25. The zero-order chi connectivity index (χ0) is 8.43. The topological polar surface area (TPSA) is 75.9 Å². The van der Waals surface area contributed by atoms with Gasteiger partial charge in [0.05, 0.1) is 0 Å². The fraction of sp³-hybridized carbons (Fsp3) is 0. The van der Waals surface area contributed by atoms with Gasteiger partial charge in [0.15, 0.2) is 0 Å². The van der Waals surface area contributed by atoms with E-state index in [0.29, 0.717) is 16.9 Å². The van der Waals surface area contributed by atoms with Crippen LogP contribution in [0.3, 0.4) is 0 Å². The van der Waals surface area contributed by atoms with E-state index in [1.165, 1.54) is 0 Å². The molecule has 3 nitrogen and oxygen atoms in total. The van der Waals surface area contributed by atoms with Crippen LogP contribution in [0, 0.1) is 5.41 Å². The van der Waals surface area contributed by atoms with Crippen molar-refractivity contribution in [2.24, 2.45) is 0 Å². The summed E-state index contributed by atoms with van der Waals surface area (Å²) in [6.07, 6.45) is 0. The Morgan fingerprint density at radius 2 is 2.00 bits per heavy atom. The third-order valence-corrected chi connectivity index (χ3v) is 1.74. The molecule has 0 radical (unpaired) electrons. The van der Waals surface area contributed by atoms with Crippen LogP contribution in [-0.2, 0) is 0 Å². The number of nitrogens with one attached hydrogen (secondary N) is 1. The van der Waals surface area contributed by atoms with Crippen LogP contribution in [0.15, 0.2) is 18.2 Å². The van der Waals surface area contributed by atoms with Gasteiger partial charge in [-0.25, -0.2) is 0 Å². The highest BCUT2D eigenvalue weighted by Crippen LogP contribution is 2.17. The molecule has 0 aliphatic rings. The van der Waals surface area contributed by atoms with Gasteiger partial charge in [0.25, 0.3) is 0 Å². The van der Waals surface area contributed by atoms with Crippen molar-refractivity contribution in [2.75, 3.05) is 11.5 Å². The van der Waals surface area contributed by atoms with Gasteiger partial charge in [-0.05, 0) is 34.1 Å². The molecule has 0 heterocycles. The number of hydrogen-bond acceptors (Lipinski definition) is 3. The quantitative estimate of drug-likeness (QED) is 0.490. The maximum Gasteiger partial charge on any atom is 0.106 e. The molecule has 0 atom stereocenters. The van der Waals surface area contributed by atoms with E-state index in [-0.39, 0.29) is 4.62 Å². The summed E-state index contributed by atoms with van der Waals surface area (Å²) in [5, 5.41) is 7.25. The highest BCUT2D eigenvalue weighted by molar-refractivity contribution is 9.18. The van der Waals surface area contributed by atoms with Gasteiger partial charge in [0.1, 0.15) is 4.62 Å². The summed E-state index contributed by atoms with van der Waals surface area (Å²) in [4.78, 5) is 0. The molecule has 11 heavy (non-hydrogen) atoms. The molecule has 0 aromatic heterocycles. The Labute approximate surface area is 73.0 Å². The molecule has 0 saturated carbocycles. The molecule has 0 aliphatic heterocycles. The Morgan fingerprint density at radius 1 is 1.36 bits per heavy atom. The Morgan fingerprint density at radius 3 is 2.45 bits per heavy atom. The van der Waals surface area contributed by atoms with Crippen LogP contribution in [0.5, 0.6) is 0 Å². The molecule has 5 N–H and O–H groups in total. The first kappa shape index (κ1) is 8.07. The summed E-state index contributed by atoms with van der Waals surface area (Å²) in [7, 11) is 0. The van der Waals surface area contributed by atoms with E-state index in [1.54, 1.807) is 18.2 Å². The van der Waals surface area contributed by atoms with E-state index >= 15 is 0 Å². The molecule has 0 aliphatic carbocycles. The number of nitrogens with two attached hydrogens (primary N) is 2. The molecule has 4 heteroatoms. The third kappa shape index (κ3) is 1.71. The fourth-order valence-electron chi connectivity index (χ4n) is 0.764. The average molecular weight is 214 g/mol. The molecular weight excluding hydrogens is 206 g/mol. The molecule has 0 spiro atoms.